The Hall–Kier alpha value is -0.570. The Morgan fingerprint density at radius 2 is 1.94 bits per heavy atom. The van der Waals surface area contributed by atoms with Crippen LogP contribution in [-0.2, 0) is 4.79 Å². The van der Waals surface area contributed by atoms with Gasteiger partial charge in [-0.2, -0.15) is 0 Å². The van der Waals surface area contributed by atoms with E-state index in [0.717, 1.165) is 25.9 Å². The van der Waals surface area contributed by atoms with Gasteiger partial charge in [0, 0.05) is 13.1 Å². The lowest BCUT2D eigenvalue weighted by Crippen LogP contribution is -2.41. The normalized spacial score (nSPS) is 22.9. The van der Waals surface area contributed by atoms with E-state index in [1.807, 2.05) is 6.92 Å². The molecule has 0 amide bonds. The van der Waals surface area contributed by atoms with Crippen LogP contribution in [-0.4, -0.2) is 35.6 Å². The number of carboxylic acids is 1. The molecule has 0 spiro atoms. The summed E-state index contributed by atoms with van der Waals surface area (Å²) in [6, 6.07) is 0. The van der Waals surface area contributed by atoms with Gasteiger partial charge in [0.25, 0.3) is 0 Å². The topological polar surface area (TPSA) is 40.5 Å². The summed E-state index contributed by atoms with van der Waals surface area (Å²) >= 11 is 0. The van der Waals surface area contributed by atoms with Crippen LogP contribution in [0.4, 0.5) is 0 Å². The molecule has 1 saturated heterocycles. The summed E-state index contributed by atoms with van der Waals surface area (Å²) in [5.41, 5.74) is -0.141. The average molecular weight is 255 g/mol. The molecule has 1 heterocycles. The minimum atomic E-state index is -0.644. The monoisotopic (exact) mass is 255 g/mol. The van der Waals surface area contributed by atoms with E-state index in [0.29, 0.717) is 12.0 Å². The van der Waals surface area contributed by atoms with E-state index in [-0.39, 0.29) is 0 Å². The zero-order chi connectivity index (χ0) is 13.8. The first-order valence-corrected chi connectivity index (χ1v) is 7.37. The molecule has 3 nitrogen and oxygen atoms in total. The van der Waals surface area contributed by atoms with Crippen LogP contribution in [0.25, 0.3) is 0 Å². The van der Waals surface area contributed by atoms with Crippen molar-refractivity contribution >= 4 is 5.97 Å². The van der Waals surface area contributed by atoms with Crippen LogP contribution in [0.5, 0.6) is 0 Å². The lowest BCUT2D eigenvalue weighted by molar-refractivity contribution is -0.149. The summed E-state index contributed by atoms with van der Waals surface area (Å²) in [6.07, 6.45) is 5.34. The van der Waals surface area contributed by atoms with Crippen molar-refractivity contribution in [3.05, 3.63) is 0 Å². The molecule has 0 aromatic carbocycles. The molecule has 0 aromatic heterocycles. The molecule has 1 aliphatic rings. The minimum absolute atomic E-state index is 0.436. The molecule has 1 aliphatic heterocycles. The number of likely N-dealkylation sites (tertiary alicyclic amines) is 1. The van der Waals surface area contributed by atoms with Crippen LogP contribution in [0.1, 0.15) is 59.8 Å². The van der Waals surface area contributed by atoms with E-state index in [2.05, 4.69) is 25.7 Å². The second kappa shape index (κ2) is 6.05. The molecule has 3 heteroatoms. The Morgan fingerprint density at radius 1 is 1.33 bits per heavy atom. The van der Waals surface area contributed by atoms with Gasteiger partial charge in [0.2, 0.25) is 0 Å². The molecule has 0 bridgehead atoms. The maximum Gasteiger partial charge on any atom is 0.310 e. The van der Waals surface area contributed by atoms with E-state index in [9.17, 15) is 9.90 Å². The molecule has 0 radical (unpaired) electrons. The summed E-state index contributed by atoms with van der Waals surface area (Å²) in [5, 5.41) is 9.44. The maximum atomic E-state index is 11.5. The fourth-order valence-corrected chi connectivity index (χ4v) is 3.29. The predicted molar refractivity (Wildman–Crippen MR) is 74.7 cm³/mol. The van der Waals surface area contributed by atoms with Gasteiger partial charge in [0.1, 0.15) is 0 Å². The van der Waals surface area contributed by atoms with Gasteiger partial charge in [0.05, 0.1) is 5.41 Å². The van der Waals surface area contributed by atoms with Crippen molar-refractivity contribution in [2.24, 2.45) is 10.8 Å². The SMILES string of the molecule is CCCC(C)(CN1CCC(CC)(CC)C1)C(=O)O. The van der Waals surface area contributed by atoms with Gasteiger partial charge < -0.3 is 10.0 Å². The molecule has 0 saturated carbocycles. The fraction of sp³-hybridized carbons (Fsp3) is 0.933. The highest BCUT2D eigenvalue weighted by molar-refractivity contribution is 5.74. The number of hydrogen-bond donors (Lipinski definition) is 1. The molecule has 1 unspecified atom stereocenters. The minimum Gasteiger partial charge on any atom is -0.481 e. The van der Waals surface area contributed by atoms with Gasteiger partial charge in [-0.25, -0.2) is 0 Å². The zero-order valence-electron chi connectivity index (χ0n) is 12.5. The highest BCUT2D eigenvalue weighted by Crippen LogP contribution is 2.38. The summed E-state index contributed by atoms with van der Waals surface area (Å²) < 4.78 is 0. The molecule has 106 valence electrons. The Labute approximate surface area is 112 Å². The van der Waals surface area contributed by atoms with E-state index in [4.69, 9.17) is 0 Å². The highest BCUT2D eigenvalue weighted by atomic mass is 16.4. The Kier molecular flexibility index (Phi) is 5.20. The summed E-state index contributed by atoms with van der Waals surface area (Å²) in [4.78, 5) is 13.8. The molecule has 0 aromatic rings. The summed E-state index contributed by atoms with van der Waals surface area (Å²) in [7, 11) is 0. The molecule has 1 N–H and O–H groups in total. The van der Waals surface area contributed by atoms with Crippen LogP contribution < -0.4 is 0 Å². The first kappa shape index (κ1) is 15.5. The van der Waals surface area contributed by atoms with E-state index >= 15 is 0 Å². The van der Waals surface area contributed by atoms with Crippen molar-refractivity contribution in [3.8, 4) is 0 Å². The average Bonchev–Trinajstić information content (AvgIpc) is 2.73. The van der Waals surface area contributed by atoms with Crippen LogP contribution in [0.2, 0.25) is 0 Å². The molecule has 0 aliphatic carbocycles. The third kappa shape index (κ3) is 3.25. The molecule has 1 rings (SSSR count). The lowest BCUT2D eigenvalue weighted by Gasteiger charge is -2.32. The van der Waals surface area contributed by atoms with Crippen molar-refractivity contribution in [2.45, 2.75) is 59.8 Å². The molecule has 1 atom stereocenters. The number of hydrogen-bond acceptors (Lipinski definition) is 2. The van der Waals surface area contributed by atoms with E-state index in [1.54, 1.807) is 0 Å². The van der Waals surface area contributed by atoms with Crippen LogP contribution in [0.3, 0.4) is 0 Å². The number of aliphatic carboxylic acids is 1. The van der Waals surface area contributed by atoms with Crippen LogP contribution in [0, 0.1) is 10.8 Å². The van der Waals surface area contributed by atoms with Crippen molar-refractivity contribution in [1.29, 1.82) is 0 Å². The second-order valence-electron chi connectivity index (χ2n) is 6.28. The third-order valence-corrected chi connectivity index (χ3v) is 4.91. The second-order valence-corrected chi connectivity index (χ2v) is 6.28. The van der Waals surface area contributed by atoms with Gasteiger partial charge >= 0.3 is 5.97 Å². The van der Waals surface area contributed by atoms with E-state index < -0.39 is 11.4 Å². The molecular weight excluding hydrogens is 226 g/mol. The number of carbonyl (C=O) groups is 1. The van der Waals surface area contributed by atoms with Gasteiger partial charge in [-0.05, 0) is 44.6 Å². The number of nitrogens with zero attached hydrogens (tertiary/aromatic N) is 1. The quantitative estimate of drug-likeness (QED) is 0.758. The Balaban J connectivity index is 2.65. The third-order valence-electron chi connectivity index (χ3n) is 4.91. The fourth-order valence-electron chi connectivity index (χ4n) is 3.29. The summed E-state index contributed by atoms with van der Waals surface area (Å²) in [5.74, 6) is -0.644. The number of rotatable bonds is 7. The Bertz CT molecular complexity index is 286. The highest BCUT2D eigenvalue weighted by Gasteiger charge is 2.40. The first-order chi connectivity index (χ1) is 8.41. The van der Waals surface area contributed by atoms with Gasteiger partial charge in [-0.15, -0.1) is 0 Å². The summed E-state index contributed by atoms with van der Waals surface area (Å²) in [6.45, 7) is 11.3. The molecule has 1 fully saturated rings. The van der Waals surface area contributed by atoms with Crippen molar-refractivity contribution in [2.75, 3.05) is 19.6 Å². The standard InChI is InChI=1S/C15H29NO2/c1-5-8-14(4,13(17)18)11-16-10-9-15(6-2,7-3)12-16/h5-12H2,1-4H3,(H,17,18). The molecular formula is C15H29NO2. The lowest BCUT2D eigenvalue weighted by atomic mass is 9.81. The Morgan fingerprint density at radius 3 is 2.33 bits per heavy atom. The zero-order valence-corrected chi connectivity index (χ0v) is 12.5. The van der Waals surface area contributed by atoms with Crippen molar-refractivity contribution < 1.29 is 9.90 Å². The van der Waals surface area contributed by atoms with Crippen molar-refractivity contribution in [3.63, 3.8) is 0 Å². The number of carboxylic acid groups (broad SMARTS) is 1. The predicted octanol–water partition coefficient (Wildman–Crippen LogP) is 3.39. The van der Waals surface area contributed by atoms with E-state index in [1.165, 1.54) is 19.3 Å². The largest absolute Gasteiger partial charge is 0.481 e. The van der Waals surface area contributed by atoms with Crippen molar-refractivity contribution in [1.82, 2.24) is 4.90 Å². The molecule has 18 heavy (non-hydrogen) atoms. The van der Waals surface area contributed by atoms with Gasteiger partial charge in [0.15, 0.2) is 0 Å². The van der Waals surface area contributed by atoms with Crippen LogP contribution >= 0.6 is 0 Å². The van der Waals surface area contributed by atoms with Crippen LogP contribution in [0.15, 0.2) is 0 Å². The maximum absolute atomic E-state index is 11.5. The van der Waals surface area contributed by atoms with Gasteiger partial charge in [-0.3, -0.25) is 4.79 Å². The van der Waals surface area contributed by atoms with Gasteiger partial charge in [-0.1, -0.05) is 27.2 Å². The smallest absolute Gasteiger partial charge is 0.310 e. The first-order valence-electron chi connectivity index (χ1n) is 7.37.